The van der Waals surface area contributed by atoms with Gasteiger partial charge in [0.2, 0.25) is 0 Å². The van der Waals surface area contributed by atoms with Crippen LogP contribution in [0.5, 0.6) is 0 Å². The lowest BCUT2D eigenvalue weighted by Gasteiger charge is -2.15. The molecule has 0 spiro atoms. The van der Waals surface area contributed by atoms with Gasteiger partial charge in [-0.25, -0.2) is 19.9 Å². The summed E-state index contributed by atoms with van der Waals surface area (Å²) in [6.45, 7) is 0. The van der Waals surface area contributed by atoms with Crippen molar-refractivity contribution >= 4 is 98.5 Å². The molecule has 106 heavy (non-hydrogen) atoms. The van der Waals surface area contributed by atoms with Gasteiger partial charge in [0.05, 0.1) is 44.5 Å². The van der Waals surface area contributed by atoms with E-state index in [0.29, 0.717) is 0 Å². The molecule has 4 aromatic heterocycles. The summed E-state index contributed by atoms with van der Waals surface area (Å²) in [4.78, 5) is 21.1. The predicted octanol–water partition coefficient (Wildman–Crippen LogP) is 26.2. The van der Waals surface area contributed by atoms with E-state index in [1.807, 2.05) is 36.4 Å². The minimum Gasteiger partial charge on any atom is -0.292 e. The molecule has 0 unspecified atom stereocenters. The Morgan fingerprint density at radius 3 is 1.00 bits per heavy atom. The predicted molar refractivity (Wildman–Crippen MR) is 444 cm³/mol. The lowest BCUT2D eigenvalue weighted by molar-refractivity contribution is 1.15. The first-order valence-corrected chi connectivity index (χ1v) is 36.1. The molecule has 21 aromatic rings. The summed E-state index contributed by atoms with van der Waals surface area (Å²) < 4.78 is 4.63. The number of aromatic nitrogens is 6. The Bertz CT molecular complexity index is 6930. The van der Waals surface area contributed by atoms with E-state index in [9.17, 15) is 0 Å². The molecule has 4 heterocycles. The molecular weight excluding hydrogens is 1290 g/mol. The van der Waals surface area contributed by atoms with Crippen molar-refractivity contribution in [2.75, 3.05) is 0 Å². The molecule has 0 atom stereocenters. The molecule has 0 N–H and O–H groups in total. The number of para-hydroxylation sites is 4. The van der Waals surface area contributed by atoms with E-state index < -0.39 is 0 Å². The van der Waals surface area contributed by atoms with Crippen molar-refractivity contribution in [2.45, 2.75) is 0 Å². The van der Waals surface area contributed by atoms with Crippen molar-refractivity contribution in [3.63, 3.8) is 0 Å². The molecule has 6 heteroatoms. The van der Waals surface area contributed by atoms with Gasteiger partial charge in [0.25, 0.3) is 0 Å². The first-order chi connectivity index (χ1) is 52.5. The monoisotopic (exact) mass is 1350 g/mol. The maximum atomic E-state index is 5.31. The Morgan fingerprint density at radius 2 is 0.519 bits per heavy atom. The van der Waals surface area contributed by atoms with Crippen LogP contribution in [0.3, 0.4) is 0 Å². The summed E-state index contributed by atoms with van der Waals surface area (Å²) in [6.07, 6.45) is 0. The van der Waals surface area contributed by atoms with E-state index in [0.717, 1.165) is 111 Å². The van der Waals surface area contributed by atoms with Gasteiger partial charge in [0.1, 0.15) is 11.0 Å². The molecule has 17 aromatic carbocycles. The minimum atomic E-state index is 0.846. The molecule has 0 bridgehead atoms. The van der Waals surface area contributed by atoms with Gasteiger partial charge in [-0.05, 0) is 214 Å². The van der Waals surface area contributed by atoms with Crippen molar-refractivity contribution in [2.24, 2.45) is 0 Å². The molecule has 0 radical (unpaired) electrons. The van der Waals surface area contributed by atoms with Crippen molar-refractivity contribution in [3.05, 3.63) is 388 Å². The highest BCUT2D eigenvalue weighted by Gasteiger charge is 2.23. The van der Waals surface area contributed by atoms with Crippen LogP contribution in [0.25, 0.3) is 199 Å². The number of hydrogen-bond donors (Lipinski definition) is 0. The van der Waals surface area contributed by atoms with Crippen molar-refractivity contribution in [1.82, 2.24) is 29.1 Å². The summed E-state index contributed by atoms with van der Waals surface area (Å²) in [5.74, 6) is 0. The number of fused-ring (bicyclic) bond motifs is 11. The van der Waals surface area contributed by atoms with Gasteiger partial charge in [0.15, 0.2) is 11.3 Å². The van der Waals surface area contributed by atoms with Crippen LogP contribution >= 0.6 is 0 Å². The highest BCUT2D eigenvalue weighted by molar-refractivity contribution is 6.13. The van der Waals surface area contributed by atoms with Gasteiger partial charge < -0.3 is 0 Å². The van der Waals surface area contributed by atoms with Gasteiger partial charge in [-0.2, -0.15) is 0 Å². The average molecular weight is 1350 g/mol. The smallest absolute Gasteiger partial charge is 0.165 e. The second-order valence-electron chi connectivity index (χ2n) is 27.2. The van der Waals surface area contributed by atoms with Crippen LogP contribution in [0.2, 0.25) is 0 Å². The molecule has 494 valence electrons. The van der Waals surface area contributed by atoms with Crippen LogP contribution < -0.4 is 0 Å². The second kappa shape index (κ2) is 26.0. The number of benzene rings is 17. The maximum Gasteiger partial charge on any atom is 0.165 e. The summed E-state index contributed by atoms with van der Waals surface area (Å²) in [5, 5.41) is 9.34. The Hall–Kier alpha value is -14.2. The Morgan fingerprint density at radius 1 is 0.170 bits per heavy atom. The second-order valence-corrected chi connectivity index (χ2v) is 27.2. The van der Waals surface area contributed by atoms with E-state index in [-0.39, 0.29) is 0 Å². The van der Waals surface area contributed by atoms with Crippen LogP contribution in [0.1, 0.15) is 0 Å². The summed E-state index contributed by atoms with van der Waals surface area (Å²) >= 11 is 0. The lowest BCUT2D eigenvalue weighted by atomic mass is 9.92. The minimum absolute atomic E-state index is 0.846. The highest BCUT2D eigenvalue weighted by Crippen LogP contribution is 2.44. The van der Waals surface area contributed by atoms with E-state index in [1.54, 1.807) is 0 Å². The Kier molecular flexibility index (Phi) is 15.1. The van der Waals surface area contributed by atoms with E-state index in [1.165, 1.54) is 88.3 Å². The molecule has 0 saturated heterocycles. The largest absolute Gasteiger partial charge is 0.292 e. The SMILES string of the molecule is c1ccc(-c2cc(-c3ccc4ccccc4c3)cc(-c3ccc4c(c3)c3nc5ccccc5nc3n4-c3cccc4c(-c5ccccc5)cccc34)c2)cc1.c1ccc(-c2cc(-c3ccccc3)cc(-c3ccc4c5nc6ccccc6nc5n(-c5cccc6c(-c7ccccc7)cccc56)c4c3)c2)cc1. The molecule has 0 aliphatic heterocycles. The third-order valence-corrected chi connectivity index (χ3v) is 20.9. The first-order valence-electron chi connectivity index (χ1n) is 36.1. The van der Waals surface area contributed by atoms with Crippen LogP contribution in [0.15, 0.2) is 388 Å². The number of hydrogen-bond acceptors (Lipinski definition) is 4. The zero-order valence-corrected chi connectivity index (χ0v) is 57.6. The van der Waals surface area contributed by atoms with E-state index in [2.05, 4.69) is 361 Å². The topological polar surface area (TPSA) is 61.4 Å². The average Bonchev–Trinajstić information content (AvgIpc) is 1.57. The number of nitrogens with zero attached hydrogens (tertiary/aromatic N) is 6. The van der Waals surface area contributed by atoms with Crippen molar-refractivity contribution in [1.29, 1.82) is 0 Å². The zero-order valence-electron chi connectivity index (χ0n) is 57.6. The first kappa shape index (κ1) is 61.7. The van der Waals surface area contributed by atoms with Gasteiger partial charge >= 0.3 is 0 Å². The molecule has 0 aliphatic carbocycles. The van der Waals surface area contributed by atoms with Crippen molar-refractivity contribution in [3.8, 4) is 100 Å². The van der Waals surface area contributed by atoms with Crippen LogP contribution in [-0.2, 0) is 0 Å². The van der Waals surface area contributed by atoms with Gasteiger partial charge in [0, 0.05) is 21.5 Å². The van der Waals surface area contributed by atoms with Crippen LogP contribution in [0.4, 0.5) is 0 Å². The lowest BCUT2D eigenvalue weighted by Crippen LogP contribution is -1.98. The molecule has 0 amide bonds. The fourth-order valence-electron chi connectivity index (χ4n) is 15.8. The van der Waals surface area contributed by atoms with Crippen LogP contribution in [-0.4, -0.2) is 29.1 Å². The molecule has 0 fully saturated rings. The highest BCUT2D eigenvalue weighted by atomic mass is 15.1. The van der Waals surface area contributed by atoms with Crippen LogP contribution in [0, 0.1) is 0 Å². The fourth-order valence-corrected chi connectivity index (χ4v) is 15.8. The summed E-state index contributed by atoms with van der Waals surface area (Å²) in [6, 6.07) is 139. The third-order valence-electron chi connectivity index (χ3n) is 20.9. The van der Waals surface area contributed by atoms with Crippen molar-refractivity contribution < 1.29 is 0 Å². The van der Waals surface area contributed by atoms with Gasteiger partial charge in [-0.3, -0.25) is 9.13 Å². The van der Waals surface area contributed by atoms with Gasteiger partial charge in [-0.1, -0.05) is 285 Å². The van der Waals surface area contributed by atoms with Gasteiger partial charge in [-0.15, -0.1) is 0 Å². The molecule has 0 saturated carbocycles. The van der Waals surface area contributed by atoms with E-state index >= 15 is 0 Å². The number of rotatable bonds is 10. The zero-order chi connectivity index (χ0) is 70.0. The Labute approximate surface area is 612 Å². The molecule has 6 nitrogen and oxygen atoms in total. The summed E-state index contributed by atoms with van der Waals surface area (Å²) in [5.41, 5.74) is 30.2. The molecule has 21 rings (SSSR count). The molecular formula is C100H64N6. The maximum absolute atomic E-state index is 5.31. The summed E-state index contributed by atoms with van der Waals surface area (Å²) in [7, 11) is 0. The normalized spacial score (nSPS) is 11.6. The van der Waals surface area contributed by atoms with E-state index in [4.69, 9.17) is 19.9 Å². The fraction of sp³-hybridized carbons (Fsp3) is 0. The standard InChI is InChI=1S/C52H33N3.C48H31N3/c1-3-13-34(14-4-1)40-30-41(38-26-25-35-15-7-8-18-37(35)29-38)32-42(31-40)39-27-28-50-46(33-39)51-52(54-48-23-10-9-22-47(48)53-51)55(50)49-24-12-20-44-43(19-11-21-45(44)49)36-16-5-2-6-17-36;1-4-14-32(15-5-1)36-28-37(33-16-6-2-7-17-33)30-38(29-36)35-26-27-42-46(31-35)51(48-47(42)49-43-23-10-11-24-44(43)50-48)45-25-13-21-40-39(20-12-22-41(40)45)34-18-8-3-9-19-34/h1-33H;1-31H. The Balaban J connectivity index is 0.000000141. The third kappa shape index (κ3) is 11.0. The molecule has 0 aliphatic rings. The quantitative estimate of drug-likeness (QED) is 0.137.